The molecule has 0 aliphatic carbocycles. The van der Waals surface area contributed by atoms with Crippen LogP contribution in [0.3, 0.4) is 0 Å². The van der Waals surface area contributed by atoms with E-state index in [4.69, 9.17) is 0 Å². The van der Waals surface area contributed by atoms with Crippen molar-refractivity contribution in [3.05, 3.63) is 29.3 Å². The number of sulfonamides is 1. The molecular formula is C16H21ClN2O6S. The number of carbonyl (C=O) groups excluding carboxylic acids is 2. The average molecular weight is 405 g/mol. The predicted octanol–water partition coefficient (Wildman–Crippen LogP) is 0.522. The minimum Gasteiger partial charge on any atom is -0.465 e. The lowest BCUT2D eigenvalue weighted by atomic mass is 10.0. The van der Waals surface area contributed by atoms with Crippen molar-refractivity contribution in [1.29, 1.82) is 0 Å². The first kappa shape index (κ1) is 20.6. The molecule has 2 saturated heterocycles. The van der Waals surface area contributed by atoms with Crippen LogP contribution in [-0.2, 0) is 19.5 Å². The minimum atomic E-state index is -3.82. The zero-order valence-corrected chi connectivity index (χ0v) is 16.1. The smallest absolute Gasteiger partial charge is 0.337 e. The Morgan fingerprint density at radius 1 is 1.00 bits per heavy atom. The number of esters is 2. The summed E-state index contributed by atoms with van der Waals surface area (Å²) in [5.74, 6) is -0.855. The fourth-order valence-electron chi connectivity index (χ4n) is 3.38. The minimum absolute atomic E-state index is 0. The van der Waals surface area contributed by atoms with Gasteiger partial charge in [0, 0.05) is 13.1 Å². The van der Waals surface area contributed by atoms with Gasteiger partial charge < -0.3 is 14.8 Å². The van der Waals surface area contributed by atoms with Crippen LogP contribution in [0.5, 0.6) is 0 Å². The number of halogens is 1. The van der Waals surface area contributed by atoms with Crippen LogP contribution in [0.25, 0.3) is 0 Å². The number of nitrogens with zero attached hydrogens (tertiary/aromatic N) is 1. The molecule has 26 heavy (non-hydrogen) atoms. The predicted molar refractivity (Wildman–Crippen MR) is 95.0 cm³/mol. The highest BCUT2D eigenvalue weighted by molar-refractivity contribution is 7.89. The van der Waals surface area contributed by atoms with E-state index in [1.807, 2.05) is 0 Å². The highest BCUT2D eigenvalue weighted by Gasteiger charge is 2.41. The maximum absolute atomic E-state index is 13.0. The maximum Gasteiger partial charge on any atom is 0.337 e. The lowest BCUT2D eigenvalue weighted by Gasteiger charge is -2.18. The molecule has 2 fully saturated rings. The van der Waals surface area contributed by atoms with Crippen molar-refractivity contribution >= 4 is 34.4 Å². The normalized spacial score (nSPS) is 22.4. The second-order valence-corrected chi connectivity index (χ2v) is 8.17. The molecule has 0 aromatic heterocycles. The van der Waals surface area contributed by atoms with Crippen LogP contribution in [0, 0.1) is 11.8 Å². The van der Waals surface area contributed by atoms with Crippen LogP contribution in [0.4, 0.5) is 0 Å². The summed E-state index contributed by atoms with van der Waals surface area (Å²) in [5, 5.41) is 3.26. The first-order valence-electron chi connectivity index (χ1n) is 7.89. The summed E-state index contributed by atoms with van der Waals surface area (Å²) in [6.45, 7) is 2.45. The molecule has 0 bridgehead atoms. The standard InChI is InChI=1S/C16H20N2O6S.ClH/c1-23-15(19)10-3-11(16(20)24-2)5-14(4-10)25(21,22)18-8-12-6-17-7-13(12)9-18;/h3-5,12-13,17H,6-9H2,1-2H3;1H/t12-,13+;. The molecule has 144 valence electrons. The molecule has 0 unspecified atom stereocenters. The van der Waals surface area contributed by atoms with Gasteiger partial charge in [0.2, 0.25) is 10.0 Å². The van der Waals surface area contributed by atoms with Gasteiger partial charge in [0.05, 0.1) is 30.2 Å². The SMILES string of the molecule is COC(=O)c1cc(C(=O)OC)cc(S(=O)(=O)N2C[C@H]3CNC[C@H]3C2)c1.Cl. The fourth-order valence-corrected chi connectivity index (χ4v) is 5.00. The van der Waals surface area contributed by atoms with Crippen molar-refractivity contribution in [3.63, 3.8) is 0 Å². The summed E-state index contributed by atoms with van der Waals surface area (Å²) in [7, 11) is -1.44. The van der Waals surface area contributed by atoms with Crippen molar-refractivity contribution in [1.82, 2.24) is 9.62 Å². The van der Waals surface area contributed by atoms with Crippen LogP contribution in [0.1, 0.15) is 20.7 Å². The Kier molecular flexibility index (Phi) is 6.28. The number of benzene rings is 1. The molecule has 2 aliphatic heterocycles. The second kappa shape index (κ2) is 7.91. The monoisotopic (exact) mass is 404 g/mol. The summed E-state index contributed by atoms with van der Waals surface area (Å²) in [4.78, 5) is 23.6. The van der Waals surface area contributed by atoms with E-state index >= 15 is 0 Å². The van der Waals surface area contributed by atoms with Crippen molar-refractivity contribution in [2.45, 2.75) is 4.90 Å². The van der Waals surface area contributed by atoms with E-state index in [2.05, 4.69) is 14.8 Å². The van der Waals surface area contributed by atoms with Gasteiger partial charge in [0.15, 0.2) is 0 Å². The molecule has 1 aromatic carbocycles. The van der Waals surface area contributed by atoms with E-state index in [0.717, 1.165) is 13.1 Å². The number of ether oxygens (including phenoxy) is 2. The Morgan fingerprint density at radius 3 is 1.88 bits per heavy atom. The summed E-state index contributed by atoms with van der Waals surface area (Å²) in [5.41, 5.74) is -0.0185. The van der Waals surface area contributed by atoms with Gasteiger partial charge in [-0.05, 0) is 43.1 Å². The number of fused-ring (bicyclic) bond motifs is 1. The maximum atomic E-state index is 13.0. The van der Waals surface area contributed by atoms with E-state index < -0.39 is 22.0 Å². The number of hydrogen-bond acceptors (Lipinski definition) is 7. The van der Waals surface area contributed by atoms with Crippen LogP contribution in [-0.4, -0.2) is 65.1 Å². The van der Waals surface area contributed by atoms with E-state index in [1.165, 1.54) is 36.7 Å². The van der Waals surface area contributed by atoms with E-state index in [1.54, 1.807) is 0 Å². The van der Waals surface area contributed by atoms with Crippen molar-refractivity contribution in [2.24, 2.45) is 11.8 Å². The van der Waals surface area contributed by atoms with Crippen LogP contribution in [0.2, 0.25) is 0 Å². The van der Waals surface area contributed by atoms with E-state index in [9.17, 15) is 18.0 Å². The van der Waals surface area contributed by atoms with Crippen molar-refractivity contribution < 1.29 is 27.5 Å². The van der Waals surface area contributed by atoms with Crippen LogP contribution in [0.15, 0.2) is 23.1 Å². The molecule has 0 spiro atoms. The summed E-state index contributed by atoms with van der Waals surface area (Å²) < 4.78 is 36.7. The highest BCUT2D eigenvalue weighted by atomic mass is 35.5. The molecule has 0 saturated carbocycles. The zero-order valence-electron chi connectivity index (χ0n) is 14.4. The Morgan fingerprint density at radius 2 is 1.46 bits per heavy atom. The molecule has 1 N–H and O–H groups in total. The summed E-state index contributed by atoms with van der Waals surface area (Å²) in [6.07, 6.45) is 0. The average Bonchev–Trinajstić information content (AvgIpc) is 3.22. The topological polar surface area (TPSA) is 102 Å². The largest absolute Gasteiger partial charge is 0.465 e. The molecule has 0 radical (unpaired) electrons. The first-order valence-corrected chi connectivity index (χ1v) is 9.33. The Balaban J connectivity index is 0.00000243. The molecule has 2 heterocycles. The molecule has 2 atom stereocenters. The lowest BCUT2D eigenvalue weighted by molar-refractivity contribution is 0.0598. The van der Waals surface area contributed by atoms with Crippen LogP contribution >= 0.6 is 12.4 Å². The molecule has 1 aromatic rings. The van der Waals surface area contributed by atoms with Crippen LogP contribution < -0.4 is 5.32 Å². The molecule has 0 amide bonds. The number of carbonyl (C=O) groups is 2. The Labute approximate surface area is 158 Å². The van der Waals surface area contributed by atoms with Gasteiger partial charge in [-0.3, -0.25) is 0 Å². The van der Waals surface area contributed by atoms with Gasteiger partial charge in [-0.15, -0.1) is 12.4 Å². The molecule has 10 heteroatoms. The third-order valence-electron chi connectivity index (χ3n) is 4.74. The first-order chi connectivity index (χ1) is 11.9. The Hall–Kier alpha value is -1.68. The van der Waals surface area contributed by atoms with Gasteiger partial charge in [0.25, 0.3) is 0 Å². The number of rotatable bonds is 4. The fraction of sp³-hybridized carbons (Fsp3) is 0.500. The zero-order chi connectivity index (χ0) is 18.2. The van der Waals surface area contributed by atoms with Gasteiger partial charge >= 0.3 is 11.9 Å². The number of hydrogen-bond donors (Lipinski definition) is 1. The summed E-state index contributed by atoms with van der Waals surface area (Å²) in [6, 6.07) is 3.74. The highest BCUT2D eigenvalue weighted by Crippen LogP contribution is 2.31. The lowest BCUT2D eigenvalue weighted by Crippen LogP contribution is -2.32. The van der Waals surface area contributed by atoms with E-state index in [-0.39, 0.29) is 28.4 Å². The molecule has 8 nitrogen and oxygen atoms in total. The summed E-state index contributed by atoms with van der Waals surface area (Å²) >= 11 is 0. The van der Waals surface area contributed by atoms with Gasteiger partial charge in [-0.2, -0.15) is 4.31 Å². The quantitative estimate of drug-likeness (QED) is 0.730. The van der Waals surface area contributed by atoms with Crippen molar-refractivity contribution in [2.75, 3.05) is 40.4 Å². The van der Waals surface area contributed by atoms with E-state index in [0.29, 0.717) is 24.9 Å². The Bertz CT molecular complexity index is 767. The number of nitrogens with one attached hydrogen (secondary N) is 1. The van der Waals surface area contributed by atoms with Gasteiger partial charge in [0.1, 0.15) is 0 Å². The van der Waals surface area contributed by atoms with Gasteiger partial charge in [-0.1, -0.05) is 0 Å². The molecular weight excluding hydrogens is 384 g/mol. The van der Waals surface area contributed by atoms with Crippen molar-refractivity contribution in [3.8, 4) is 0 Å². The third-order valence-corrected chi connectivity index (χ3v) is 6.55. The second-order valence-electron chi connectivity index (χ2n) is 6.23. The third kappa shape index (κ3) is 3.71. The molecule has 2 aliphatic rings. The number of methoxy groups -OCH3 is 2. The molecule has 3 rings (SSSR count). The van der Waals surface area contributed by atoms with Gasteiger partial charge in [-0.25, -0.2) is 18.0 Å².